The molecular formula is C19H15IrN2-. The maximum atomic E-state index is 4.63. The molecule has 2 nitrogen and oxygen atoms in total. The topological polar surface area (TPSA) is 25.8 Å². The second-order valence-electron chi connectivity index (χ2n) is 5.88. The van der Waals surface area contributed by atoms with Gasteiger partial charge in [0.15, 0.2) is 0 Å². The van der Waals surface area contributed by atoms with Gasteiger partial charge < -0.3 is 4.98 Å². The van der Waals surface area contributed by atoms with Crippen LogP contribution in [0.25, 0.3) is 22.4 Å². The van der Waals surface area contributed by atoms with Crippen LogP contribution in [0.5, 0.6) is 0 Å². The molecule has 22 heavy (non-hydrogen) atoms. The summed E-state index contributed by atoms with van der Waals surface area (Å²) in [6.45, 7) is 4.45. The number of fused-ring (bicyclic) bond motifs is 3. The van der Waals surface area contributed by atoms with E-state index in [1.807, 2.05) is 42.7 Å². The molecule has 0 unspecified atom stereocenters. The number of aromatic nitrogens is 2. The summed E-state index contributed by atoms with van der Waals surface area (Å²) in [6, 6.07) is 17.7. The predicted molar refractivity (Wildman–Crippen MR) is 83.9 cm³/mol. The summed E-state index contributed by atoms with van der Waals surface area (Å²) in [7, 11) is 0. The molecule has 4 rings (SSSR count). The van der Waals surface area contributed by atoms with Crippen LogP contribution in [0.15, 0.2) is 54.9 Å². The van der Waals surface area contributed by atoms with E-state index in [0.717, 1.165) is 17.0 Å². The molecular weight excluding hydrogens is 448 g/mol. The largest absolute Gasteiger partial charge is 0.305 e. The van der Waals surface area contributed by atoms with Crippen LogP contribution in [-0.4, -0.2) is 9.97 Å². The minimum absolute atomic E-state index is 0. The summed E-state index contributed by atoms with van der Waals surface area (Å²) in [4.78, 5) is 9.13. The number of hydrogen-bond donors (Lipinski definition) is 0. The molecule has 111 valence electrons. The Balaban J connectivity index is 0.00000144. The van der Waals surface area contributed by atoms with Crippen LogP contribution in [-0.2, 0) is 25.5 Å². The van der Waals surface area contributed by atoms with Gasteiger partial charge in [0.1, 0.15) is 0 Å². The molecule has 3 heteroatoms. The van der Waals surface area contributed by atoms with E-state index in [0.29, 0.717) is 0 Å². The number of rotatable bonds is 1. The van der Waals surface area contributed by atoms with Gasteiger partial charge in [-0.2, -0.15) is 0 Å². The molecule has 0 spiro atoms. The fourth-order valence-corrected chi connectivity index (χ4v) is 3.32. The zero-order valence-electron chi connectivity index (χ0n) is 12.4. The predicted octanol–water partition coefficient (Wildman–Crippen LogP) is 4.25. The first-order chi connectivity index (χ1) is 10.2. The van der Waals surface area contributed by atoms with Crippen LogP contribution < -0.4 is 0 Å². The van der Waals surface area contributed by atoms with Crippen LogP contribution in [0.3, 0.4) is 0 Å². The monoisotopic (exact) mass is 464 g/mol. The number of hydrogen-bond acceptors (Lipinski definition) is 2. The van der Waals surface area contributed by atoms with Crippen molar-refractivity contribution in [2.45, 2.75) is 19.3 Å². The van der Waals surface area contributed by atoms with Gasteiger partial charge in [0.05, 0.1) is 0 Å². The SMILES string of the molecule is CC1(C)c2ncccc2-c2cc[c-]c(-c3ccccn3)c21.[Ir]. The molecule has 1 aliphatic carbocycles. The summed E-state index contributed by atoms with van der Waals surface area (Å²) in [6.07, 6.45) is 3.70. The molecule has 0 atom stereocenters. The van der Waals surface area contributed by atoms with Gasteiger partial charge in [-0.05, 0) is 28.8 Å². The fourth-order valence-electron chi connectivity index (χ4n) is 3.32. The average Bonchev–Trinajstić information content (AvgIpc) is 2.77. The van der Waals surface area contributed by atoms with Gasteiger partial charge in [-0.1, -0.05) is 37.6 Å². The molecule has 0 bridgehead atoms. The van der Waals surface area contributed by atoms with Crippen LogP contribution in [0.2, 0.25) is 0 Å². The zero-order chi connectivity index (χ0) is 14.4. The van der Waals surface area contributed by atoms with Gasteiger partial charge in [0, 0.05) is 38.2 Å². The molecule has 1 radical (unpaired) electrons. The van der Waals surface area contributed by atoms with Crippen LogP contribution in [0.1, 0.15) is 25.1 Å². The van der Waals surface area contributed by atoms with E-state index in [-0.39, 0.29) is 25.5 Å². The van der Waals surface area contributed by atoms with Gasteiger partial charge in [0.25, 0.3) is 0 Å². The van der Waals surface area contributed by atoms with Crippen molar-refractivity contribution >= 4 is 0 Å². The maximum absolute atomic E-state index is 4.63. The fraction of sp³-hybridized carbons (Fsp3) is 0.158. The number of pyridine rings is 2. The normalized spacial score (nSPS) is 13.9. The Morgan fingerprint density at radius 1 is 0.909 bits per heavy atom. The van der Waals surface area contributed by atoms with E-state index < -0.39 is 0 Å². The molecule has 0 fully saturated rings. The van der Waals surface area contributed by atoms with Crippen molar-refractivity contribution in [2.24, 2.45) is 0 Å². The van der Waals surface area contributed by atoms with E-state index >= 15 is 0 Å². The van der Waals surface area contributed by atoms with Crippen LogP contribution in [0.4, 0.5) is 0 Å². The standard InChI is InChI=1S/C19H15N2.Ir/c1-19(2)17-13(14-9-6-12-21-18(14)19)7-5-8-15(17)16-10-3-4-11-20-16;/h3-7,9-12H,1-2H3;/q-1;. The second-order valence-corrected chi connectivity index (χ2v) is 5.88. The zero-order valence-corrected chi connectivity index (χ0v) is 14.8. The Hall–Kier alpha value is -1.83. The molecule has 1 aromatic carbocycles. The van der Waals surface area contributed by atoms with Crippen molar-refractivity contribution in [1.29, 1.82) is 0 Å². The van der Waals surface area contributed by atoms with Gasteiger partial charge in [-0.3, -0.25) is 4.98 Å². The molecule has 0 amide bonds. The third-order valence-electron chi connectivity index (χ3n) is 4.23. The Kier molecular flexibility index (Phi) is 3.72. The van der Waals surface area contributed by atoms with Crippen molar-refractivity contribution in [2.75, 3.05) is 0 Å². The molecule has 3 aromatic rings. The van der Waals surface area contributed by atoms with Crippen molar-refractivity contribution in [1.82, 2.24) is 9.97 Å². The summed E-state index contributed by atoms with van der Waals surface area (Å²) < 4.78 is 0. The molecule has 0 aliphatic heterocycles. The van der Waals surface area contributed by atoms with Crippen LogP contribution in [0, 0.1) is 6.07 Å². The smallest absolute Gasteiger partial charge is 0.0478 e. The van der Waals surface area contributed by atoms with E-state index in [2.05, 4.69) is 42.0 Å². The van der Waals surface area contributed by atoms with E-state index in [9.17, 15) is 0 Å². The van der Waals surface area contributed by atoms with E-state index in [1.54, 1.807) is 0 Å². The van der Waals surface area contributed by atoms with Crippen molar-refractivity contribution < 1.29 is 20.1 Å². The average molecular weight is 464 g/mol. The third-order valence-corrected chi connectivity index (χ3v) is 4.23. The summed E-state index contributed by atoms with van der Waals surface area (Å²) in [5.41, 5.74) is 6.81. The summed E-state index contributed by atoms with van der Waals surface area (Å²) in [5.74, 6) is 0. The molecule has 0 saturated carbocycles. The first-order valence-corrected chi connectivity index (χ1v) is 7.12. The van der Waals surface area contributed by atoms with E-state index in [1.165, 1.54) is 16.7 Å². The molecule has 1 aliphatic rings. The molecule has 2 heterocycles. The molecule has 2 aromatic heterocycles. The molecule has 0 saturated heterocycles. The third kappa shape index (κ3) is 2.05. The van der Waals surface area contributed by atoms with Crippen molar-refractivity contribution in [3.05, 3.63) is 72.2 Å². The van der Waals surface area contributed by atoms with Crippen molar-refractivity contribution in [3.63, 3.8) is 0 Å². The summed E-state index contributed by atoms with van der Waals surface area (Å²) >= 11 is 0. The van der Waals surface area contributed by atoms with Gasteiger partial charge >= 0.3 is 0 Å². The first-order valence-electron chi connectivity index (χ1n) is 7.12. The van der Waals surface area contributed by atoms with Gasteiger partial charge in [0.2, 0.25) is 0 Å². The van der Waals surface area contributed by atoms with E-state index in [4.69, 9.17) is 0 Å². The minimum atomic E-state index is -0.128. The van der Waals surface area contributed by atoms with Gasteiger partial charge in [-0.15, -0.1) is 29.3 Å². The molecule has 0 N–H and O–H groups in total. The Morgan fingerprint density at radius 3 is 2.50 bits per heavy atom. The van der Waals surface area contributed by atoms with Crippen molar-refractivity contribution in [3.8, 4) is 22.4 Å². The number of nitrogens with zero attached hydrogens (tertiary/aromatic N) is 2. The quantitative estimate of drug-likeness (QED) is 0.505. The second kappa shape index (κ2) is 5.42. The Morgan fingerprint density at radius 2 is 1.73 bits per heavy atom. The van der Waals surface area contributed by atoms with Crippen LogP contribution >= 0.6 is 0 Å². The maximum Gasteiger partial charge on any atom is 0.0478 e. The first kappa shape index (κ1) is 15.1. The van der Waals surface area contributed by atoms with Gasteiger partial charge in [-0.25, -0.2) is 0 Å². The minimum Gasteiger partial charge on any atom is -0.305 e. The number of benzene rings is 1. The summed E-state index contributed by atoms with van der Waals surface area (Å²) in [5, 5.41) is 0. The Labute approximate surface area is 144 Å². The Bertz CT molecular complexity index is 826.